The van der Waals surface area contributed by atoms with Gasteiger partial charge in [-0.25, -0.2) is 4.98 Å². The minimum atomic E-state index is -4.62. The van der Waals surface area contributed by atoms with Crippen molar-refractivity contribution in [1.29, 1.82) is 0 Å². The summed E-state index contributed by atoms with van der Waals surface area (Å²) in [5.74, 6) is 0.939. The SMILES string of the molecule is Cc1ccc2c(-c3nnc(SCCCC4CCc5c(cc6oc(C(F)(F)F)nc6c5Br)NC4)n3C)cccc2n1. The molecule has 0 spiro atoms. The van der Waals surface area contributed by atoms with E-state index in [1.54, 1.807) is 17.8 Å². The highest BCUT2D eigenvalue weighted by Crippen LogP contribution is 2.40. The second kappa shape index (κ2) is 10.7. The molecule has 0 aliphatic carbocycles. The van der Waals surface area contributed by atoms with Crippen molar-refractivity contribution in [3.05, 3.63) is 58.0 Å². The number of oxazole rings is 1. The monoisotopic (exact) mass is 630 g/mol. The molecular weight excluding hydrogens is 605 g/mol. The van der Waals surface area contributed by atoms with Crippen LogP contribution in [-0.2, 0) is 19.6 Å². The number of benzene rings is 2. The molecule has 1 aliphatic heterocycles. The second-order valence-electron chi connectivity index (χ2n) is 10.0. The molecule has 1 aliphatic rings. The fourth-order valence-corrected chi connectivity index (χ4v) is 6.77. The van der Waals surface area contributed by atoms with Crippen LogP contribution >= 0.6 is 27.7 Å². The Morgan fingerprint density at radius 2 is 2.02 bits per heavy atom. The molecule has 4 heterocycles. The molecule has 40 heavy (non-hydrogen) atoms. The number of alkyl halides is 3. The summed E-state index contributed by atoms with van der Waals surface area (Å²) in [5, 5.41) is 14.3. The first kappa shape index (κ1) is 27.1. The molecule has 7 nitrogen and oxygen atoms in total. The summed E-state index contributed by atoms with van der Waals surface area (Å²) in [4.78, 5) is 8.32. The van der Waals surface area contributed by atoms with Gasteiger partial charge < -0.3 is 14.3 Å². The molecular formula is C28H26BrF3N6OS. The third-order valence-corrected chi connectivity index (χ3v) is 9.25. The Kier molecular flexibility index (Phi) is 7.24. The third kappa shape index (κ3) is 5.18. The maximum atomic E-state index is 13.1. The molecule has 208 valence electrons. The molecule has 5 aromatic rings. The van der Waals surface area contributed by atoms with Gasteiger partial charge in [-0.05, 0) is 72.2 Å². The van der Waals surface area contributed by atoms with Crippen LogP contribution < -0.4 is 5.32 Å². The minimum Gasteiger partial charge on any atom is -0.433 e. The maximum Gasteiger partial charge on any atom is 0.468 e. The van der Waals surface area contributed by atoms with E-state index < -0.39 is 12.1 Å². The molecule has 1 unspecified atom stereocenters. The maximum absolute atomic E-state index is 13.1. The first-order valence-electron chi connectivity index (χ1n) is 13.0. The number of thioether (sulfide) groups is 1. The molecule has 0 amide bonds. The molecule has 0 saturated carbocycles. The molecule has 0 fully saturated rings. The van der Waals surface area contributed by atoms with Crippen LogP contribution in [-0.4, -0.2) is 37.0 Å². The Bertz CT molecular complexity index is 1720. The van der Waals surface area contributed by atoms with Crippen molar-refractivity contribution < 1.29 is 17.6 Å². The second-order valence-corrected chi connectivity index (χ2v) is 11.9. The topological polar surface area (TPSA) is 81.7 Å². The van der Waals surface area contributed by atoms with Gasteiger partial charge in [0.2, 0.25) is 0 Å². The summed E-state index contributed by atoms with van der Waals surface area (Å²) in [6.45, 7) is 2.73. The van der Waals surface area contributed by atoms with Crippen molar-refractivity contribution >= 4 is 55.4 Å². The predicted octanol–water partition coefficient (Wildman–Crippen LogP) is 7.81. The number of hydrogen-bond acceptors (Lipinski definition) is 7. The van der Waals surface area contributed by atoms with Crippen LogP contribution in [0.3, 0.4) is 0 Å². The zero-order chi connectivity index (χ0) is 28.0. The van der Waals surface area contributed by atoms with Crippen LogP contribution in [0.15, 0.2) is 50.4 Å². The first-order valence-corrected chi connectivity index (χ1v) is 14.8. The van der Waals surface area contributed by atoms with Crippen LogP contribution in [0.1, 0.15) is 36.4 Å². The van der Waals surface area contributed by atoms with Gasteiger partial charge in [0.1, 0.15) is 5.52 Å². The van der Waals surface area contributed by atoms with Crippen LogP contribution in [0.5, 0.6) is 0 Å². The van der Waals surface area contributed by atoms with E-state index in [0.29, 0.717) is 10.4 Å². The Morgan fingerprint density at radius 1 is 1.18 bits per heavy atom. The Hall–Kier alpha value is -3.12. The quantitative estimate of drug-likeness (QED) is 0.151. The lowest BCUT2D eigenvalue weighted by Crippen LogP contribution is -2.12. The minimum absolute atomic E-state index is 0.123. The molecule has 3 aromatic heterocycles. The van der Waals surface area contributed by atoms with Gasteiger partial charge in [0, 0.05) is 47.7 Å². The summed E-state index contributed by atoms with van der Waals surface area (Å²) in [5.41, 5.74) is 5.00. The van der Waals surface area contributed by atoms with Crippen molar-refractivity contribution in [1.82, 2.24) is 24.7 Å². The lowest BCUT2D eigenvalue weighted by molar-refractivity contribution is -0.156. The number of pyridine rings is 1. The Balaban J connectivity index is 1.07. The normalized spacial score (nSPS) is 15.8. The molecule has 0 saturated heterocycles. The number of halogens is 4. The predicted molar refractivity (Wildman–Crippen MR) is 153 cm³/mol. The summed E-state index contributed by atoms with van der Waals surface area (Å²) in [7, 11) is 1.99. The van der Waals surface area contributed by atoms with Crippen LogP contribution in [0.25, 0.3) is 33.4 Å². The van der Waals surface area contributed by atoms with E-state index in [1.807, 2.05) is 36.7 Å². The van der Waals surface area contributed by atoms with E-state index >= 15 is 0 Å². The van der Waals surface area contributed by atoms with Gasteiger partial charge >= 0.3 is 12.1 Å². The van der Waals surface area contributed by atoms with Crippen molar-refractivity contribution in [3.8, 4) is 11.4 Å². The van der Waals surface area contributed by atoms with Gasteiger partial charge in [-0.2, -0.15) is 13.2 Å². The summed E-state index contributed by atoms with van der Waals surface area (Å²) >= 11 is 5.18. The lowest BCUT2D eigenvalue weighted by Gasteiger charge is -2.14. The molecule has 0 radical (unpaired) electrons. The number of anilines is 1. The number of nitrogens with one attached hydrogen (secondary N) is 1. The molecule has 0 bridgehead atoms. The zero-order valence-corrected chi connectivity index (χ0v) is 24.3. The number of nitrogens with zero attached hydrogens (tertiary/aromatic N) is 5. The lowest BCUT2D eigenvalue weighted by atomic mass is 9.97. The van der Waals surface area contributed by atoms with E-state index in [2.05, 4.69) is 53.5 Å². The Morgan fingerprint density at radius 3 is 2.85 bits per heavy atom. The van der Waals surface area contributed by atoms with Crippen LogP contribution in [0.2, 0.25) is 0 Å². The number of aryl methyl sites for hydroxylation is 1. The number of rotatable bonds is 6. The molecule has 1 N–H and O–H groups in total. The van der Waals surface area contributed by atoms with Crippen molar-refractivity contribution in [2.75, 3.05) is 17.6 Å². The highest BCUT2D eigenvalue weighted by Gasteiger charge is 2.38. The van der Waals surface area contributed by atoms with Crippen molar-refractivity contribution in [2.45, 2.75) is 43.9 Å². The van der Waals surface area contributed by atoms with E-state index in [0.717, 1.165) is 82.4 Å². The molecule has 2 aromatic carbocycles. The summed E-state index contributed by atoms with van der Waals surface area (Å²) < 4.78 is 46.8. The molecule has 6 rings (SSSR count). The standard InChI is InChI=1S/C28H26BrF3N6OS/c1-15-8-10-17-18(6-3-7-20(17)34-15)25-36-37-27(38(25)2)40-12-4-5-16-9-11-19-21(33-14-16)13-22-24(23(19)29)35-26(39-22)28(30,31)32/h3,6-8,10,13,16,33H,4-5,9,11-12,14H2,1-2H3. The highest BCUT2D eigenvalue weighted by atomic mass is 79.9. The fourth-order valence-electron chi connectivity index (χ4n) is 5.20. The summed E-state index contributed by atoms with van der Waals surface area (Å²) in [6, 6.07) is 11.8. The van der Waals surface area contributed by atoms with E-state index in [1.165, 1.54) is 0 Å². The zero-order valence-electron chi connectivity index (χ0n) is 21.8. The van der Waals surface area contributed by atoms with Crippen molar-refractivity contribution in [2.24, 2.45) is 13.0 Å². The average Bonchev–Trinajstić information content (AvgIpc) is 3.45. The third-order valence-electron chi connectivity index (χ3n) is 7.29. The number of aromatic nitrogens is 5. The largest absolute Gasteiger partial charge is 0.468 e. The van der Waals surface area contributed by atoms with E-state index in [9.17, 15) is 13.2 Å². The summed E-state index contributed by atoms with van der Waals surface area (Å²) in [6.07, 6.45) is -0.909. The van der Waals surface area contributed by atoms with Gasteiger partial charge in [-0.3, -0.25) is 4.98 Å². The molecule has 12 heteroatoms. The van der Waals surface area contributed by atoms with E-state index in [4.69, 9.17) is 4.42 Å². The van der Waals surface area contributed by atoms with Gasteiger partial charge in [0.15, 0.2) is 16.6 Å². The van der Waals surface area contributed by atoms with Crippen molar-refractivity contribution in [3.63, 3.8) is 0 Å². The smallest absolute Gasteiger partial charge is 0.433 e. The fraction of sp³-hybridized carbons (Fsp3) is 0.357. The molecule has 1 atom stereocenters. The Labute approximate surface area is 241 Å². The number of fused-ring (bicyclic) bond motifs is 3. The van der Waals surface area contributed by atoms with Gasteiger partial charge in [-0.1, -0.05) is 30.0 Å². The highest BCUT2D eigenvalue weighted by molar-refractivity contribution is 9.10. The van der Waals surface area contributed by atoms with Gasteiger partial charge in [0.25, 0.3) is 0 Å². The van der Waals surface area contributed by atoms with Crippen LogP contribution in [0, 0.1) is 12.8 Å². The number of hydrogen-bond donors (Lipinski definition) is 1. The van der Waals surface area contributed by atoms with Crippen LogP contribution in [0.4, 0.5) is 18.9 Å². The first-order chi connectivity index (χ1) is 19.2. The van der Waals surface area contributed by atoms with E-state index in [-0.39, 0.29) is 11.1 Å². The average molecular weight is 632 g/mol. The van der Waals surface area contributed by atoms with Gasteiger partial charge in [0.05, 0.1) is 9.99 Å². The van der Waals surface area contributed by atoms with Gasteiger partial charge in [-0.15, -0.1) is 10.2 Å².